The number of hydrogen-bond donors (Lipinski definition) is 2. The summed E-state index contributed by atoms with van der Waals surface area (Å²) in [6.45, 7) is 4.38. The first-order chi connectivity index (χ1) is 9.14. The Hall–Kier alpha value is -1.26. The minimum atomic E-state index is -0.273. The molecule has 0 bridgehead atoms. The van der Waals surface area contributed by atoms with E-state index >= 15 is 0 Å². The lowest BCUT2D eigenvalue weighted by Gasteiger charge is -2.32. The second-order valence-corrected chi connectivity index (χ2v) is 5.37. The van der Waals surface area contributed by atoms with E-state index in [1.165, 1.54) is 0 Å². The summed E-state index contributed by atoms with van der Waals surface area (Å²) in [5.74, 6) is 0.967. The summed E-state index contributed by atoms with van der Waals surface area (Å²) in [5, 5.41) is 6.32. The molecule has 2 rings (SSSR count). The number of halogens is 1. The lowest BCUT2D eigenvalue weighted by Crippen LogP contribution is -2.48. The van der Waals surface area contributed by atoms with E-state index in [9.17, 15) is 4.79 Å². The van der Waals surface area contributed by atoms with Crippen molar-refractivity contribution >= 4 is 18.3 Å². The molecule has 0 saturated carbocycles. The van der Waals surface area contributed by atoms with Gasteiger partial charge in [-0.05, 0) is 44.0 Å². The van der Waals surface area contributed by atoms with Crippen LogP contribution < -0.4 is 15.4 Å². The van der Waals surface area contributed by atoms with Gasteiger partial charge in [-0.1, -0.05) is 12.1 Å². The summed E-state index contributed by atoms with van der Waals surface area (Å²) < 4.78 is 5.11. The third-order valence-corrected chi connectivity index (χ3v) is 3.76. The van der Waals surface area contributed by atoms with Crippen LogP contribution in [-0.2, 0) is 11.3 Å². The van der Waals surface area contributed by atoms with Crippen LogP contribution in [0.2, 0.25) is 0 Å². The molecule has 1 atom stereocenters. The van der Waals surface area contributed by atoms with Crippen molar-refractivity contribution in [3.63, 3.8) is 0 Å². The van der Waals surface area contributed by atoms with E-state index < -0.39 is 0 Å². The molecule has 5 heteroatoms. The van der Waals surface area contributed by atoms with Gasteiger partial charge in [-0.25, -0.2) is 0 Å². The molecule has 1 aromatic rings. The van der Waals surface area contributed by atoms with Gasteiger partial charge in [0.25, 0.3) is 0 Å². The molecule has 4 nitrogen and oxygen atoms in total. The van der Waals surface area contributed by atoms with Crippen LogP contribution in [0.25, 0.3) is 0 Å². The molecule has 0 aromatic heterocycles. The average Bonchev–Trinajstić information content (AvgIpc) is 2.46. The largest absolute Gasteiger partial charge is 0.497 e. The first kappa shape index (κ1) is 16.8. The topological polar surface area (TPSA) is 50.4 Å². The number of carbonyl (C=O) groups is 1. The fourth-order valence-corrected chi connectivity index (χ4v) is 2.39. The number of carbonyl (C=O) groups excluding carboxylic acids is 1. The average molecular weight is 299 g/mol. The lowest BCUT2D eigenvalue weighted by atomic mass is 9.82. The van der Waals surface area contributed by atoms with Crippen LogP contribution in [0.4, 0.5) is 0 Å². The van der Waals surface area contributed by atoms with Gasteiger partial charge in [0.15, 0.2) is 0 Å². The van der Waals surface area contributed by atoms with Crippen LogP contribution in [0.5, 0.6) is 5.75 Å². The number of ether oxygens (including phenoxy) is 1. The minimum Gasteiger partial charge on any atom is -0.497 e. The summed E-state index contributed by atoms with van der Waals surface area (Å²) in [6, 6.07) is 7.76. The van der Waals surface area contributed by atoms with Gasteiger partial charge >= 0.3 is 0 Å². The zero-order valence-corrected chi connectivity index (χ0v) is 12.9. The molecule has 112 valence electrons. The van der Waals surface area contributed by atoms with Gasteiger partial charge in [-0.2, -0.15) is 0 Å². The quantitative estimate of drug-likeness (QED) is 0.895. The van der Waals surface area contributed by atoms with Gasteiger partial charge in [0.2, 0.25) is 5.91 Å². The highest BCUT2D eigenvalue weighted by Crippen LogP contribution is 2.25. The van der Waals surface area contributed by atoms with Gasteiger partial charge in [0, 0.05) is 13.1 Å². The minimum absolute atomic E-state index is 0. The van der Waals surface area contributed by atoms with Crippen molar-refractivity contribution in [2.75, 3.05) is 20.2 Å². The van der Waals surface area contributed by atoms with E-state index in [1.54, 1.807) is 7.11 Å². The van der Waals surface area contributed by atoms with Crippen LogP contribution in [0.3, 0.4) is 0 Å². The SMILES string of the molecule is COc1ccc(CNC(=O)C2(C)CCCNC2)cc1.Cl. The van der Waals surface area contributed by atoms with E-state index in [4.69, 9.17) is 4.74 Å². The van der Waals surface area contributed by atoms with Crippen molar-refractivity contribution < 1.29 is 9.53 Å². The molecule has 1 heterocycles. The molecule has 1 aromatic carbocycles. The van der Waals surface area contributed by atoms with Crippen molar-refractivity contribution in [1.29, 1.82) is 0 Å². The Balaban J connectivity index is 0.00000200. The maximum atomic E-state index is 12.2. The fraction of sp³-hybridized carbons (Fsp3) is 0.533. The molecule has 20 heavy (non-hydrogen) atoms. The Labute approximate surface area is 126 Å². The van der Waals surface area contributed by atoms with Crippen LogP contribution >= 0.6 is 12.4 Å². The molecule has 0 spiro atoms. The Morgan fingerprint density at radius 2 is 2.10 bits per heavy atom. The summed E-state index contributed by atoms with van der Waals surface area (Å²) in [6.07, 6.45) is 2.01. The Kier molecular flexibility index (Phi) is 6.30. The number of methoxy groups -OCH3 is 1. The van der Waals surface area contributed by atoms with Crippen molar-refractivity contribution in [1.82, 2.24) is 10.6 Å². The van der Waals surface area contributed by atoms with Gasteiger partial charge in [-0.3, -0.25) is 4.79 Å². The Morgan fingerprint density at radius 3 is 2.65 bits per heavy atom. The number of rotatable bonds is 4. The first-order valence-corrected chi connectivity index (χ1v) is 6.76. The summed E-state index contributed by atoms with van der Waals surface area (Å²) in [5.41, 5.74) is 0.812. The zero-order chi connectivity index (χ0) is 13.7. The molecule has 1 amide bonds. The highest BCUT2D eigenvalue weighted by Gasteiger charge is 2.34. The number of hydrogen-bond acceptors (Lipinski definition) is 3. The Morgan fingerprint density at radius 1 is 1.40 bits per heavy atom. The molecule has 2 N–H and O–H groups in total. The van der Waals surface area contributed by atoms with Crippen LogP contribution in [0.15, 0.2) is 24.3 Å². The summed E-state index contributed by atoms with van der Waals surface area (Å²) in [4.78, 5) is 12.2. The Bertz CT molecular complexity index is 428. The maximum Gasteiger partial charge on any atom is 0.227 e. The number of benzene rings is 1. The molecule has 0 aliphatic carbocycles. The van der Waals surface area contributed by atoms with E-state index in [1.807, 2.05) is 31.2 Å². The smallest absolute Gasteiger partial charge is 0.227 e. The number of nitrogens with one attached hydrogen (secondary N) is 2. The van der Waals surface area contributed by atoms with Crippen molar-refractivity contribution in [3.05, 3.63) is 29.8 Å². The third kappa shape index (κ3) is 4.12. The van der Waals surface area contributed by atoms with E-state index in [0.29, 0.717) is 6.54 Å². The second kappa shape index (κ2) is 7.50. The highest BCUT2D eigenvalue weighted by atomic mass is 35.5. The van der Waals surface area contributed by atoms with E-state index in [0.717, 1.165) is 37.2 Å². The monoisotopic (exact) mass is 298 g/mol. The molecule has 1 fully saturated rings. The van der Waals surface area contributed by atoms with Crippen LogP contribution in [-0.4, -0.2) is 26.1 Å². The molecular weight excluding hydrogens is 276 g/mol. The summed E-state index contributed by atoms with van der Waals surface area (Å²) in [7, 11) is 1.65. The summed E-state index contributed by atoms with van der Waals surface area (Å²) >= 11 is 0. The first-order valence-electron chi connectivity index (χ1n) is 6.76. The molecule has 0 radical (unpaired) electrons. The standard InChI is InChI=1S/C15H22N2O2.ClH/c1-15(8-3-9-16-11-15)14(18)17-10-12-4-6-13(19-2)7-5-12;/h4-7,16H,3,8-11H2,1-2H3,(H,17,18);1H. The fourth-order valence-electron chi connectivity index (χ4n) is 2.39. The second-order valence-electron chi connectivity index (χ2n) is 5.37. The molecular formula is C15H23ClN2O2. The molecule has 1 saturated heterocycles. The number of amides is 1. The van der Waals surface area contributed by atoms with Gasteiger partial charge in [0.1, 0.15) is 5.75 Å². The predicted octanol–water partition coefficient (Wildman–Crippen LogP) is 2.12. The van der Waals surface area contributed by atoms with E-state index in [-0.39, 0.29) is 23.7 Å². The molecule has 1 aliphatic rings. The van der Waals surface area contributed by atoms with Gasteiger partial charge < -0.3 is 15.4 Å². The normalized spacial score (nSPS) is 21.7. The molecule has 1 unspecified atom stereocenters. The predicted molar refractivity (Wildman–Crippen MR) is 82.3 cm³/mol. The third-order valence-electron chi connectivity index (χ3n) is 3.76. The zero-order valence-electron chi connectivity index (χ0n) is 12.1. The van der Waals surface area contributed by atoms with Gasteiger partial charge in [-0.15, -0.1) is 12.4 Å². The highest BCUT2D eigenvalue weighted by molar-refractivity contribution is 5.85. The van der Waals surface area contributed by atoms with Crippen LogP contribution in [0, 0.1) is 5.41 Å². The molecule has 1 aliphatic heterocycles. The van der Waals surface area contributed by atoms with Crippen molar-refractivity contribution in [2.45, 2.75) is 26.3 Å². The van der Waals surface area contributed by atoms with Crippen molar-refractivity contribution in [3.8, 4) is 5.75 Å². The van der Waals surface area contributed by atoms with Gasteiger partial charge in [0.05, 0.1) is 12.5 Å². The number of piperidine rings is 1. The lowest BCUT2D eigenvalue weighted by molar-refractivity contribution is -0.131. The van der Waals surface area contributed by atoms with Crippen LogP contribution in [0.1, 0.15) is 25.3 Å². The van der Waals surface area contributed by atoms with Crippen molar-refractivity contribution in [2.24, 2.45) is 5.41 Å². The van der Waals surface area contributed by atoms with E-state index in [2.05, 4.69) is 10.6 Å². The maximum absolute atomic E-state index is 12.2.